The zero-order valence-electron chi connectivity index (χ0n) is 15.1. The van der Waals surface area contributed by atoms with Gasteiger partial charge in [0, 0.05) is 18.0 Å². The summed E-state index contributed by atoms with van der Waals surface area (Å²) >= 11 is 7.51. The van der Waals surface area contributed by atoms with Crippen LogP contribution in [0.25, 0.3) is 0 Å². The average Bonchev–Trinajstić information content (AvgIpc) is 3.09. The lowest BCUT2D eigenvalue weighted by Crippen LogP contribution is -2.39. The number of nitrogens with zero attached hydrogens (tertiary/aromatic N) is 4. The van der Waals surface area contributed by atoms with Gasteiger partial charge in [0.1, 0.15) is 22.5 Å². The molecule has 2 aromatic heterocycles. The van der Waals surface area contributed by atoms with E-state index in [0.29, 0.717) is 32.0 Å². The lowest BCUT2D eigenvalue weighted by atomic mass is 9.77. The van der Waals surface area contributed by atoms with Gasteiger partial charge >= 0.3 is 0 Å². The summed E-state index contributed by atoms with van der Waals surface area (Å²) in [6.45, 7) is 2.04. The summed E-state index contributed by atoms with van der Waals surface area (Å²) in [6.07, 6.45) is 9.77. The summed E-state index contributed by atoms with van der Waals surface area (Å²) in [6, 6.07) is 1.66. The Morgan fingerprint density at radius 1 is 1.00 bits per heavy atom. The highest BCUT2D eigenvalue weighted by Crippen LogP contribution is 2.46. The Balaban J connectivity index is 1.48. The molecule has 1 aliphatic carbocycles. The number of anilines is 4. The first-order valence-corrected chi connectivity index (χ1v) is 10.4. The molecule has 4 rings (SSSR count). The molecule has 2 aliphatic rings. The zero-order valence-corrected chi connectivity index (χ0v) is 16.7. The fourth-order valence-corrected chi connectivity index (χ4v) is 5.22. The summed E-state index contributed by atoms with van der Waals surface area (Å²) in [5, 5.41) is 0.923. The van der Waals surface area contributed by atoms with Gasteiger partial charge in [-0.25, -0.2) is 15.0 Å². The van der Waals surface area contributed by atoms with Crippen molar-refractivity contribution in [1.29, 1.82) is 0 Å². The van der Waals surface area contributed by atoms with Crippen LogP contribution in [0, 0.1) is 5.41 Å². The Hall–Kier alpha value is -1.93. The fraction of sp³-hybridized carbons (Fsp3) is 0.500. The standard InChI is InChI=1S/C18H24ClN7S/c19-14-11(9-12(20)24-15(14)21)27-17-16(22)25-13(10-23-17)26-7-5-18(6-8-26)3-1-2-4-18/h9-10H,1-8H2,(H2,22,25)(H4,20,21,24). The SMILES string of the molecule is Nc1cc(Sc2ncc(N3CCC4(CCCC4)CC3)nc2N)c(Cl)c(N)n1. The Labute approximate surface area is 168 Å². The highest BCUT2D eigenvalue weighted by molar-refractivity contribution is 7.99. The van der Waals surface area contributed by atoms with Crippen LogP contribution in [-0.4, -0.2) is 28.0 Å². The van der Waals surface area contributed by atoms with Crippen molar-refractivity contribution in [3.63, 3.8) is 0 Å². The van der Waals surface area contributed by atoms with Gasteiger partial charge < -0.3 is 22.1 Å². The van der Waals surface area contributed by atoms with Crippen molar-refractivity contribution in [1.82, 2.24) is 15.0 Å². The Bertz CT molecular complexity index is 844. The number of piperidine rings is 1. The maximum Gasteiger partial charge on any atom is 0.158 e. The second-order valence-corrected chi connectivity index (χ2v) is 8.87. The molecular weight excluding hydrogens is 382 g/mol. The molecule has 0 bridgehead atoms. The van der Waals surface area contributed by atoms with Gasteiger partial charge in [-0.3, -0.25) is 0 Å². The van der Waals surface area contributed by atoms with Gasteiger partial charge in [-0.15, -0.1) is 0 Å². The van der Waals surface area contributed by atoms with Crippen LogP contribution in [-0.2, 0) is 0 Å². The highest BCUT2D eigenvalue weighted by atomic mass is 35.5. The van der Waals surface area contributed by atoms with Crippen molar-refractivity contribution in [3.8, 4) is 0 Å². The molecule has 0 unspecified atom stereocenters. The van der Waals surface area contributed by atoms with E-state index < -0.39 is 0 Å². The van der Waals surface area contributed by atoms with E-state index in [9.17, 15) is 0 Å². The molecule has 27 heavy (non-hydrogen) atoms. The molecule has 7 nitrogen and oxygen atoms in total. The maximum absolute atomic E-state index is 6.22. The van der Waals surface area contributed by atoms with Crippen LogP contribution in [0.15, 0.2) is 22.2 Å². The molecule has 1 saturated carbocycles. The molecule has 0 aromatic carbocycles. The van der Waals surface area contributed by atoms with Crippen molar-refractivity contribution in [2.45, 2.75) is 48.4 Å². The molecule has 2 aromatic rings. The lowest BCUT2D eigenvalue weighted by Gasteiger charge is -2.39. The number of nitrogens with two attached hydrogens (primary N) is 3. The number of pyridine rings is 1. The van der Waals surface area contributed by atoms with Crippen molar-refractivity contribution < 1.29 is 0 Å². The minimum Gasteiger partial charge on any atom is -0.384 e. The number of halogens is 1. The third-order valence-electron chi connectivity index (χ3n) is 5.74. The molecule has 0 amide bonds. The first-order valence-electron chi connectivity index (χ1n) is 9.23. The molecule has 9 heteroatoms. The quantitative estimate of drug-likeness (QED) is 0.708. The molecule has 144 valence electrons. The number of rotatable bonds is 3. The van der Waals surface area contributed by atoms with Crippen LogP contribution in [0.5, 0.6) is 0 Å². The second kappa shape index (κ2) is 7.24. The third kappa shape index (κ3) is 3.73. The predicted octanol–water partition coefficient (Wildman–Crippen LogP) is 3.58. The molecule has 1 aliphatic heterocycles. The first kappa shape index (κ1) is 18.4. The normalized spacial score (nSPS) is 18.9. The number of hydrogen-bond donors (Lipinski definition) is 3. The van der Waals surface area contributed by atoms with E-state index in [1.54, 1.807) is 12.3 Å². The second-order valence-electron chi connectivity index (χ2n) is 7.46. The molecule has 1 saturated heterocycles. The zero-order chi connectivity index (χ0) is 19.0. The van der Waals surface area contributed by atoms with Crippen LogP contribution in [0.4, 0.5) is 23.3 Å². The molecular formula is C18H24ClN7S. The van der Waals surface area contributed by atoms with Gasteiger partial charge in [0.25, 0.3) is 0 Å². The first-order chi connectivity index (χ1) is 13.0. The summed E-state index contributed by atoms with van der Waals surface area (Å²) in [4.78, 5) is 16.0. The van der Waals surface area contributed by atoms with Crippen molar-refractivity contribution in [2.24, 2.45) is 5.41 Å². The van der Waals surface area contributed by atoms with E-state index in [4.69, 9.17) is 28.8 Å². The van der Waals surface area contributed by atoms with Gasteiger partial charge in [-0.05, 0) is 37.2 Å². The molecule has 0 atom stereocenters. The summed E-state index contributed by atoms with van der Waals surface area (Å²) in [5.41, 5.74) is 18.3. The Kier molecular flexibility index (Phi) is 4.94. The van der Waals surface area contributed by atoms with E-state index in [-0.39, 0.29) is 5.82 Å². The lowest BCUT2D eigenvalue weighted by molar-refractivity contribution is 0.226. The minimum atomic E-state index is 0.191. The number of hydrogen-bond acceptors (Lipinski definition) is 8. The highest BCUT2D eigenvalue weighted by Gasteiger charge is 2.37. The summed E-state index contributed by atoms with van der Waals surface area (Å²) in [7, 11) is 0. The monoisotopic (exact) mass is 405 g/mol. The van der Waals surface area contributed by atoms with Crippen LogP contribution >= 0.6 is 23.4 Å². The molecule has 1 spiro atoms. The van der Waals surface area contributed by atoms with E-state index in [1.807, 2.05) is 0 Å². The van der Waals surface area contributed by atoms with Crippen LogP contribution in [0.1, 0.15) is 38.5 Å². The smallest absolute Gasteiger partial charge is 0.158 e. The summed E-state index contributed by atoms with van der Waals surface area (Å²) in [5.74, 6) is 1.71. The maximum atomic E-state index is 6.22. The van der Waals surface area contributed by atoms with Gasteiger partial charge in [0.2, 0.25) is 0 Å². The van der Waals surface area contributed by atoms with E-state index in [1.165, 1.54) is 50.3 Å². The van der Waals surface area contributed by atoms with Gasteiger partial charge in [-0.1, -0.05) is 36.2 Å². The van der Waals surface area contributed by atoms with Crippen LogP contribution < -0.4 is 22.1 Å². The Morgan fingerprint density at radius 3 is 2.37 bits per heavy atom. The minimum absolute atomic E-state index is 0.191. The molecule has 3 heterocycles. The van der Waals surface area contributed by atoms with Gasteiger partial charge in [-0.2, -0.15) is 0 Å². The topological polar surface area (TPSA) is 120 Å². The Morgan fingerprint density at radius 2 is 1.70 bits per heavy atom. The van der Waals surface area contributed by atoms with E-state index >= 15 is 0 Å². The molecule has 0 radical (unpaired) electrons. The van der Waals surface area contributed by atoms with Gasteiger partial charge in [0.05, 0.1) is 11.2 Å². The van der Waals surface area contributed by atoms with E-state index in [2.05, 4.69) is 19.9 Å². The van der Waals surface area contributed by atoms with E-state index in [0.717, 1.165) is 18.9 Å². The van der Waals surface area contributed by atoms with Crippen molar-refractivity contribution >= 4 is 46.6 Å². The predicted molar refractivity (Wildman–Crippen MR) is 111 cm³/mol. The van der Waals surface area contributed by atoms with Crippen LogP contribution in [0.2, 0.25) is 5.02 Å². The van der Waals surface area contributed by atoms with Crippen molar-refractivity contribution in [3.05, 3.63) is 17.3 Å². The van der Waals surface area contributed by atoms with Crippen LogP contribution in [0.3, 0.4) is 0 Å². The largest absolute Gasteiger partial charge is 0.384 e. The average molecular weight is 406 g/mol. The molecule has 6 N–H and O–H groups in total. The number of nitrogen functional groups attached to an aromatic ring is 3. The summed E-state index contributed by atoms with van der Waals surface area (Å²) < 4.78 is 0. The number of aromatic nitrogens is 3. The third-order valence-corrected chi connectivity index (χ3v) is 7.30. The molecule has 2 fully saturated rings. The fourth-order valence-electron chi connectivity index (χ4n) is 4.17. The van der Waals surface area contributed by atoms with Gasteiger partial charge in [0.15, 0.2) is 5.82 Å². The van der Waals surface area contributed by atoms with Crippen molar-refractivity contribution in [2.75, 3.05) is 35.2 Å².